The molecule has 0 fully saturated rings. The van der Waals surface area contributed by atoms with Gasteiger partial charge < -0.3 is 15.0 Å². The second kappa shape index (κ2) is 4.29. The molecule has 0 aliphatic heterocycles. The molecule has 0 unspecified atom stereocenters. The van der Waals surface area contributed by atoms with Crippen LogP contribution in [0.25, 0.3) is 10.8 Å². The quantitative estimate of drug-likeness (QED) is 0.427. The molecule has 0 saturated heterocycles. The zero-order chi connectivity index (χ0) is 7.68. The third-order valence-electron chi connectivity index (χ3n) is 1.54. The van der Waals surface area contributed by atoms with Crippen molar-refractivity contribution in [2.75, 3.05) is 0 Å². The first kappa shape index (κ1) is 10.1. The van der Waals surface area contributed by atoms with Crippen LogP contribution >= 0.6 is 0 Å². The molecule has 2 aromatic rings. The average molecular weight is 184 g/mol. The van der Waals surface area contributed by atoms with Gasteiger partial charge in [0, 0.05) is 17.0 Å². The van der Waals surface area contributed by atoms with Crippen LogP contribution in [0.1, 0.15) is 0 Å². The second-order valence-electron chi connectivity index (χ2n) is 2.24. The molecule has 1 aromatic carbocycles. The number of hydrogen-bond donors (Lipinski definition) is 0. The molecule has 0 amide bonds. The van der Waals surface area contributed by atoms with Gasteiger partial charge in [0.1, 0.15) is 0 Å². The third-order valence-corrected chi connectivity index (χ3v) is 1.54. The van der Waals surface area contributed by atoms with Gasteiger partial charge in [-0.2, -0.15) is 0 Å². The van der Waals surface area contributed by atoms with E-state index in [1.165, 1.54) is 0 Å². The number of aromatic nitrogens is 2. The van der Waals surface area contributed by atoms with Crippen LogP contribution in [0.15, 0.2) is 35.3 Å². The minimum atomic E-state index is -0.261. The first-order chi connectivity index (χ1) is 5.38. The van der Waals surface area contributed by atoms with Gasteiger partial charge in [0.05, 0.1) is 5.56 Å². The Morgan fingerprint density at radius 1 is 1.25 bits per heavy atom. The normalized spacial score (nSPS) is 9.33. The van der Waals surface area contributed by atoms with E-state index < -0.39 is 0 Å². The van der Waals surface area contributed by atoms with Crippen molar-refractivity contribution in [1.29, 1.82) is 0 Å². The second-order valence-corrected chi connectivity index (χ2v) is 2.24. The Balaban J connectivity index is 0.000000720. The summed E-state index contributed by atoms with van der Waals surface area (Å²) in [4.78, 5) is 11.0. The Bertz CT molecular complexity index is 433. The molecule has 1 heterocycles. The van der Waals surface area contributed by atoms with E-state index in [-0.39, 0.29) is 56.9 Å². The Morgan fingerprint density at radius 3 is 2.75 bits per heavy atom. The Hall–Kier alpha value is -0.00364. The van der Waals surface area contributed by atoms with Crippen LogP contribution in [0, 0.1) is 0 Å². The van der Waals surface area contributed by atoms with Crippen LogP contribution in [-0.2, 0) is 0 Å². The van der Waals surface area contributed by atoms with Gasteiger partial charge in [-0.05, 0) is 0 Å². The topological polar surface area (TPSA) is 44.1 Å². The first-order valence-corrected chi connectivity index (χ1v) is 3.25. The Kier molecular flexibility index (Phi) is 3.61. The van der Waals surface area contributed by atoms with Crippen LogP contribution in [0.3, 0.4) is 0 Å². The van der Waals surface area contributed by atoms with Crippen molar-refractivity contribution < 1.29 is 51.4 Å². The fourth-order valence-corrected chi connectivity index (χ4v) is 1.00. The van der Waals surface area contributed by atoms with E-state index in [0.29, 0.717) is 5.39 Å². The summed E-state index contributed by atoms with van der Waals surface area (Å²) in [5, 5.41) is 8.42. The molecule has 1 aromatic heterocycles. The molecule has 0 aliphatic carbocycles. The van der Waals surface area contributed by atoms with Gasteiger partial charge in [-0.25, -0.2) is 0 Å². The summed E-state index contributed by atoms with van der Waals surface area (Å²) in [6.45, 7) is 0. The number of fused-ring (bicyclic) bond motifs is 1. The number of benzene rings is 1. The third kappa shape index (κ3) is 1.84. The fraction of sp³-hybridized carbons (Fsp3) is 0. The molecule has 12 heavy (non-hydrogen) atoms. The summed E-state index contributed by atoms with van der Waals surface area (Å²) < 4.78 is 0. The van der Waals surface area contributed by atoms with Gasteiger partial charge in [-0.3, -0.25) is 0 Å². The summed E-state index contributed by atoms with van der Waals surface area (Å²) in [6.07, 6.45) is 1.58. The van der Waals surface area contributed by atoms with E-state index in [4.69, 9.17) is 0 Å². The minimum absolute atomic E-state index is 0. The molecular weight excluding hydrogens is 179 g/mol. The number of rotatable bonds is 0. The van der Waals surface area contributed by atoms with Crippen molar-refractivity contribution in [2.45, 2.75) is 0 Å². The van der Waals surface area contributed by atoms with Gasteiger partial charge in [-0.15, -0.1) is 0 Å². The predicted octanol–water partition coefficient (Wildman–Crippen LogP) is -2.44. The molecule has 0 aliphatic rings. The minimum Gasteiger partial charge on any atom is -0.540 e. The molecule has 0 atom stereocenters. The molecule has 4 heteroatoms. The van der Waals surface area contributed by atoms with Crippen molar-refractivity contribution >= 4 is 10.8 Å². The molecule has 0 bridgehead atoms. The van der Waals surface area contributed by atoms with E-state index in [1.54, 1.807) is 12.3 Å². The molecule has 0 spiro atoms. The summed E-state index contributed by atoms with van der Waals surface area (Å²) in [5.74, 6) is 0. The zero-order valence-corrected chi connectivity index (χ0v) is 9.81. The van der Waals surface area contributed by atoms with Gasteiger partial charge in [-0.1, -0.05) is 24.3 Å². The molecule has 0 saturated carbocycles. The molecule has 0 N–H and O–H groups in total. The molecule has 0 radical (unpaired) electrons. The van der Waals surface area contributed by atoms with E-state index in [9.17, 15) is 4.79 Å². The largest absolute Gasteiger partial charge is 1.00 e. The monoisotopic (exact) mass is 184 g/mol. The Morgan fingerprint density at radius 2 is 2.00 bits per heavy atom. The maximum absolute atomic E-state index is 11.0. The zero-order valence-electron chi connectivity index (χ0n) is 6.69. The van der Waals surface area contributed by atoms with E-state index in [0.717, 1.165) is 5.39 Å². The molecule has 54 valence electrons. The van der Waals surface area contributed by atoms with Gasteiger partial charge in [0.15, 0.2) is 0 Å². The average Bonchev–Trinajstić information content (AvgIpc) is 2.06. The molecule has 2 rings (SSSR count). The number of nitrogens with zero attached hydrogens (tertiary/aromatic N) is 2. The van der Waals surface area contributed by atoms with Crippen LogP contribution in [0.4, 0.5) is 0 Å². The SMILES string of the molecule is O=c1[n-]ncc2ccccc12.[K+]. The number of hydrogen-bond acceptors (Lipinski definition) is 2. The van der Waals surface area contributed by atoms with Crippen molar-refractivity contribution in [3.8, 4) is 0 Å². The molecule has 3 nitrogen and oxygen atoms in total. The van der Waals surface area contributed by atoms with Crippen LogP contribution in [0.2, 0.25) is 0 Å². The van der Waals surface area contributed by atoms with Crippen molar-refractivity contribution in [1.82, 2.24) is 10.2 Å². The van der Waals surface area contributed by atoms with Crippen molar-refractivity contribution in [3.05, 3.63) is 40.8 Å². The smallest absolute Gasteiger partial charge is 0.540 e. The Labute approximate surface area is 112 Å². The van der Waals surface area contributed by atoms with E-state index >= 15 is 0 Å². The summed E-state index contributed by atoms with van der Waals surface area (Å²) in [5.41, 5.74) is -0.261. The van der Waals surface area contributed by atoms with Crippen LogP contribution in [0.5, 0.6) is 0 Å². The summed E-state index contributed by atoms with van der Waals surface area (Å²) >= 11 is 0. The summed E-state index contributed by atoms with van der Waals surface area (Å²) in [7, 11) is 0. The standard InChI is InChI=1S/C8H6N2O.K/c11-8-7-4-2-1-3-6(7)5-9-10-8;/h1-5H,(H,10,11);/q;+1/p-1. The van der Waals surface area contributed by atoms with Crippen molar-refractivity contribution in [3.63, 3.8) is 0 Å². The van der Waals surface area contributed by atoms with Gasteiger partial charge in [0.2, 0.25) is 0 Å². The fourth-order valence-electron chi connectivity index (χ4n) is 1.00. The maximum atomic E-state index is 11.0. The van der Waals surface area contributed by atoms with Gasteiger partial charge >= 0.3 is 51.4 Å². The predicted molar refractivity (Wildman–Crippen MR) is 41.3 cm³/mol. The first-order valence-electron chi connectivity index (χ1n) is 3.25. The van der Waals surface area contributed by atoms with Crippen molar-refractivity contribution in [2.24, 2.45) is 0 Å². The van der Waals surface area contributed by atoms with Crippen LogP contribution < -0.4 is 62.0 Å². The van der Waals surface area contributed by atoms with Crippen LogP contribution in [-0.4, -0.2) is 5.10 Å². The molecular formula is C8H5KN2O. The van der Waals surface area contributed by atoms with E-state index in [2.05, 4.69) is 10.2 Å². The van der Waals surface area contributed by atoms with E-state index in [1.807, 2.05) is 18.2 Å². The maximum Gasteiger partial charge on any atom is 1.00 e. The summed E-state index contributed by atoms with van der Waals surface area (Å²) in [6, 6.07) is 7.26. The van der Waals surface area contributed by atoms with Gasteiger partial charge in [0.25, 0.3) is 0 Å².